The number of nitrogens with two attached hydrogens (primary N) is 1. The van der Waals surface area contributed by atoms with E-state index in [1.807, 2.05) is 0 Å². The Kier molecular flexibility index (Phi) is 2.19. The maximum atomic E-state index is 12.8. The van der Waals surface area contributed by atoms with Crippen molar-refractivity contribution in [3.63, 3.8) is 0 Å². The molecule has 12 heavy (non-hydrogen) atoms. The highest BCUT2D eigenvalue weighted by molar-refractivity contribution is 5.85. The lowest BCUT2D eigenvalue weighted by molar-refractivity contribution is 0.634. The first-order valence-corrected chi connectivity index (χ1v) is 3.15. The number of fused-ring (bicyclic) bond motifs is 1. The zero-order valence-electron chi connectivity index (χ0n) is 6.04. The molecule has 0 aliphatic heterocycles. The van der Waals surface area contributed by atoms with E-state index >= 15 is 0 Å². The number of aromatic amines is 1. The molecule has 5 heteroatoms. The molecule has 0 radical (unpaired) electrons. The number of aromatic nitrogens is 2. The molecule has 1 heterocycles. The summed E-state index contributed by atoms with van der Waals surface area (Å²) in [5, 5.41) is 7.20. The van der Waals surface area contributed by atoms with Gasteiger partial charge in [-0.15, -0.1) is 12.4 Å². The molecule has 3 nitrogen and oxygen atoms in total. The lowest BCUT2D eigenvalue weighted by Crippen LogP contribution is -1.88. The number of nitrogen functional groups attached to an aromatic ring is 1. The Labute approximate surface area is 74.2 Å². The summed E-state index contributed by atoms with van der Waals surface area (Å²) in [6.07, 6.45) is 1.60. The third-order valence-electron chi connectivity index (χ3n) is 1.56. The SMILES string of the molecule is Cl.Nc1cc2cn[nH]c2cc1F. The molecule has 0 spiro atoms. The lowest BCUT2D eigenvalue weighted by Gasteiger charge is -1.94. The Morgan fingerprint density at radius 2 is 2.17 bits per heavy atom. The summed E-state index contributed by atoms with van der Waals surface area (Å²) >= 11 is 0. The third-order valence-corrected chi connectivity index (χ3v) is 1.56. The monoisotopic (exact) mass is 187 g/mol. The summed E-state index contributed by atoms with van der Waals surface area (Å²) in [5.74, 6) is -0.415. The van der Waals surface area contributed by atoms with E-state index in [0.717, 1.165) is 5.39 Å². The Bertz CT molecular complexity index is 362. The molecule has 0 saturated heterocycles. The fourth-order valence-corrected chi connectivity index (χ4v) is 0.983. The highest BCUT2D eigenvalue weighted by Gasteiger charge is 2.01. The van der Waals surface area contributed by atoms with Crippen LogP contribution in [-0.4, -0.2) is 10.2 Å². The Morgan fingerprint density at radius 1 is 1.42 bits per heavy atom. The molecule has 3 N–H and O–H groups in total. The standard InChI is InChI=1S/C7H6FN3.ClH/c8-5-2-7-4(1-6(5)9)3-10-11-7;/h1-3H,9H2,(H,10,11);1H. The van der Waals surface area contributed by atoms with Gasteiger partial charge in [0.25, 0.3) is 0 Å². The van der Waals surface area contributed by atoms with E-state index in [4.69, 9.17) is 5.73 Å². The first kappa shape index (κ1) is 8.80. The second-order valence-electron chi connectivity index (χ2n) is 2.33. The van der Waals surface area contributed by atoms with Crippen LogP contribution in [0, 0.1) is 5.82 Å². The van der Waals surface area contributed by atoms with Crippen molar-refractivity contribution in [3.05, 3.63) is 24.1 Å². The first-order valence-electron chi connectivity index (χ1n) is 3.15. The number of nitrogens with zero attached hydrogens (tertiary/aromatic N) is 1. The Morgan fingerprint density at radius 3 is 2.92 bits per heavy atom. The van der Waals surface area contributed by atoms with Gasteiger partial charge in [-0.2, -0.15) is 5.10 Å². The molecule has 64 valence electrons. The van der Waals surface area contributed by atoms with Crippen molar-refractivity contribution in [1.29, 1.82) is 0 Å². The maximum absolute atomic E-state index is 12.8. The van der Waals surface area contributed by atoms with Crippen LogP contribution in [0.15, 0.2) is 18.3 Å². The summed E-state index contributed by atoms with van der Waals surface area (Å²) in [5.41, 5.74) is 6.14. The van der Waals surface area contributed by atoms with Crippen molar-refractivity contribution >= 4 is 29.0 Å². The van der Waals surface area contributed by atoms with Crippen LogP contribution >= 0.6 is 12.4 Å². The van der Waals surface area contributed by atoms with Crippen molar-refractivity contribution in [2.24, 2.45) is 0 Å². The summed E-state index contributed by atoms with van der Waals surface area (Å²) in [6.45, 7) is 0. The second kappa shape index (κ2) is 2.98. The minimum atomic E-state index is -0.415. The van der Waals surface area contributed by atoms with Crippen molar-refractivity contribution in [1.82, 2.24) is 10.2 Å². The van der Waals surface area contributed by atoms with Crippen LogP contribution < -0.4 is 5.73 Å². The molecule has 1 aromatic heterocycles. The summed E-state index contributed by atoms with van der Waals surface area (Å²) in [7, 11) is 0. The van der Waals surface area contributed by atoms with Crippen LogP contribution in [0.3, 0.4) is 0 Å². The van der Waals surface area contributed by atoms with Gasteiger partial charge in [0.15, 0.2) is 0 Å². The highest BCUT2D eigenvalue weighted by Crippen LogP contribution is 2.17. The molecule has 2 aromatic rings. The average Bonchev–Trinajstić information content (AvgIpc) is 2.36. The predicted molar refractivity (Wildman–Crippen MR) is 47.7 cm³/mol. The third kappa shape index (κ3) is 1.21. The number of rotatable bonds is 0. The van der Waals surface area contributed by atoms with Gasteiger partial charge in [0, 0.05) is 11.5 Å². The molecular formula is C7H7ClFN3. The van der Waals surface area contributed by atoms with Gasteiger partial charge in [0.1, 0.15) is 5.82 Å². The number of halogens is 2. The molecule has 0 unspecified atom stereocenters. The maximum Gasteiger partial charge on any atom is 0.148 e. The number of hydrogen-bond acceptors (Lipinski definition) is 2. The van der Waals surface area contributed by atoms with E-state index in [1.165, 1.54) is 6.07 Å². The molecular weight excluding hydrogens is 181 g/mol. The zero-order chi connectivity index (χ0) is 7.84. The highest BCUT2D eigenvalue weighted by atomic mass is 35.5. The number of H-pyrrole nitrogens is 1. The molecule has 0 bridgehead atoms. The quantitative estimate of drug-likeness (QED) is 0.617. The second-order valence-corrected chi connectivity index (χ2v) is 2.33. The van der Waals surface area contributed by atoms with E-state index in [-0.39, 0.29) is 18.1 Å². The first-order chi connectivity index (χ1) is 5.27. The van der Waals surface area contributed by atoms with E-state index in [2.05, 4.69) is 10.2 Å². The largest absolute Gasteiger partial charge is 0.396 e. The smallest absolute Gasteiger partial charge is 0.148 e. The molecule has 0 aliphatic rings. The minimum absolute atomic E-state index is 0. The van der Waals surface area contributed by atoms with Crippen LogP contribution in [0.4, 0.5) is 10.1 Å². The zero-order valence-corrected chi connectivity index (χ0v) is 6.86. The van der Waals surface area contributed by atoms with Crippen molar-refractivity contribution in [2.75, 3.05) is 5.73 Å². The van der Waals surface area contributed by atoms with Crippen LogP contribution in [0.25, 0.3) is 10.9 Å². The molecule has 0 aliphatic carbocycles. The van der Waals surface area contributed by atoms with Gasteiger partial charge in [-0.25, -0.2) is 4.39 Å². The molecule has 0 atom stereocenters. The Balaban J connectivity index is 0.000000720. The van der Waals surface area contributed by atoms with Crippen molar-refractivity contribution < 1.29 is 4.39 Å². The summed E-state index contributed by atoms with van der Waals surface area (Å²) < 4.78 is 12.8. The number of nitrogens with one attached hydrogen (secondary N) is 1. The fraction of sp³-hybridized carbons (Fsp3) is 0. The Hall–Kier alpha value is -1.29. The summed E-state index contributed by atoms with van der Waals surface area (Å²) in [6, 6.07) is 2.88. The number of benzene rings is 1. The van der Waals surface area contributed by atoms with Crippen LogP contribution in [0.5, 0.6) is 0 Å². The minimum Gasteiger partial charge on any atom is -0.396 e. The average molecular weight is 188 g/mol. The van der Waals surface area contributed by atoms with Gasteiger partial charge >= 0.3 is 0 Å². The topological polar surface area (TPSA) is 54.7 Å². The van der Waals surface area contributed by atoms with Gasteiger partial charge in [-0.1, -0.05) is 0 Å². The lowest BCUT2D eigenvalue weighted by atomic mass is 10.2. The van der Waals surface area contributed by atoms with Gasteiger partial charge < -0.3 is 5.73 Å². The summed E-state index contributed by atoms with van der Waals surface area (Å²) in [4.78, 5) is 0. The van der Waals surface area contributed by atoms with E-state index in [0.29, 0.717) is 5.52 Å². The normalized spacial score (nSPS) is 9.75. The number of hydrogen-bond donors (Lipinski definition) is 2. The van der Waals surface area contributed by atoms with E-state index in [9.17, 15) is 4.39 Å². The van der Waals surface area contributed by atoms with Crippen LogP contribution in [0.1, 0.15) is 0 Å². The van der Waals surface area contributed by atoms with Gasteiger partial charge in [-0.05, 0) is 6.07 Å². The molecule has 0 fully saturated rings. The van der Waals surface area contributed by atoms with Crippen molar-refractivity contribution in [2.45, 2.75) is 0 Å². The van der Waals surface area contributed by atoms with Crippen LogP contribution in [-0.2, 0) is 0 Å². The number of anilines is 1. The van der Waals surface area contributed by atoms with Gasteiger partial charge in [0.2, 0.25) is 0 Å². The molecule has 0 amide bonds. The van der Waals surface area contributed by atoms with Crippen LogP contribution in [0.2, 0.25) is 0 Å². The van der Waals surface area contributed by atoms with E-state index < -0.39 is 5.82 Å². The molecule has 0 saturated carbocycles. The van der Waals surface area contributed by atoms with E-state index in [1.54, 1.807) is 12.3 Å². The van der Waals surface area contributed by atoms with Gasteiger partial charge in [-0.3, -0.25) is 5.10 Å². The van der Waals surface area contributed by atoms with Gasteiger partial charge in [0.05, 0.1) is 17.4 Å². The molecule has 1 aromatic carbocycles. The van der Waals surface area contributed by atoms with Crippen molar-refractivity contribution in [3.8, 4) is 0 Å². The predicted octanol–water partition coefficient (Wildman–Crippen LogP) is 1.71. The molecule has 2 rings (SSSR count). The fourth-order valence-electron chi connectivity index (χ4n) is 0.983.